The third kappa shape index (κ3) is 2.92. The molecule has 0 saturated carbocycles. The van der Waals surface area contributed by atoms with E-state index in [4.69, 9.17) is 0 Å². The molecular formula is C14H18N2O3. The van der Waals surface area contributed by atoms with Crippen molar-refractivity contribution in [3.8, 4) is 0 Å². The minimum absolute atomic E-state index is 0.0290. The summed E-state index contributed by atoms with van der Waals surface area (Å²) in [4.78, 5) is 23.5. The summed E-state index contributed by atoms with van der Waals surface area (Å²) in [6.07, 6.45) is 3.98. The van der Waals surface area contributed by atoms with E-state index < -0.39 is 4.92 Å². The molecule has 2 rings (SSSR count). The van der Waals surface area contributed by atoms with Crippen molar-refractivity contribution in [2.75, 3.05) is 18.0 Å². The van der Waals surface area contributed by atoms with Crippen LogP contribution >= 0.6 is 0 Å². The van der Waals surface area contributed by atoms with E-state index in [9.17, 15) is 14.9 Å². The Balaban J connectivity index is 2.32. The number of nitro groups is 1. The largest absolute Gasteiger partial charge is 0.366 e. The van der Waals surface area contributed by atoms with Crippen LogP contribution in [0, 0.1) is 16.0 Å². The summed E-state index contributed by atoms with van der Waals surface area (Å²) in [5, 5.41) is 11.1. The Morgan fingerprint density at radius 3 is 2.95 bits per heavy atom. The predicted molar refractivity (Wildman–Crippen MR) is 73.7 cm³/mol. The molecule has 1 fully saturated rings. The third-order valence-corrected chi connectivity index (χ3v) is 3.77. The zero-order valence-corrected chi connectivity index (χ0v) is 11.0. The number of hydrogen-bond donors (Lipinski definition) is 0. The smallest absolute Gasteiger partial charge is 0.293 e. The molecule has 0 bridgehead atoms. The number of piperidine rings is 1. The molecule has 19 heavy (non-hydrogen) atoms. The molecule has 102 valence electrons. The summed E-state index contributed by atoms with van der Waals surface area (Å²) in [6.45, 7) is 3.85. The topological polar surface area (TPSA) is 63.5 Å². The van der Waals surface area contributed by atoms with Crippen LogP contribution in [0.15, 0.2) is 18.2 Å². The normalized spacial score (nSPS) is 19.2. The zero-order chi connectivity index (χ0) is 13.8. The van der Waals surface area contributed by atoms with Crippen molar-refractivity contribution >= 4 is 17.7 Å². The van der Waals surface area contributed by atoms with Crippen LogP contribution in [0.5, 0.6) is 0 Å². The van der Waals surface area contributed by atoms with Gasteiger partial charge in [0.25, 0.3) is 5.69 Å². The Bertz CT molecular complexity index is 488. The molecule has 1 aromatic rings. The Hall–Kier alpha value is -1.91. The van der Waals surface area contributed by atoms with Crippen molar-refractivity contribution in [2.45, 2.75) is 26.2 Å². The van der Waals surface area contributed by atoms with Crippen LogP contribution in [-0.2, 0) is 0 Å². The van der Waals surface area contributed by atoms with E-state index in [1.165, 1.54) is 12.5 Å². The first-order chi connectivity index (χ1) is 9.15. The minimum Gasteiger partial charge on any atom is -0.366 e. The van der Waals surface area contributed by atoms with Gasteiger partial charge < -0.3 is 4.90 Å². The summed E-state index contributed by atoms with van der Waals surface area (Å²) in [5.74, 6) is 0.596. The van der Waals surface area contributed by atoms with Gasteiger partial charge in [-0.05, 0) is 30.9 Å². The van der Waals surface area contributed by atoms with Crippen LogP contribution in [0.1, 0.15) is 36.5 Å². The van der Waals surface area contributed by atoms with Crippen molar-refractivity contribution in [3.63, 3.8) is 0 Å². The highest BCUT2D eigenvalue weighted by molar-refractivity contribution is 5.79. The number of rotatable bonds is 4. The molecule has 0 spiro atoms. The lowest BCUT2D eigenvalue weighted by Gasteiger charge is -2.33. The van der Waals surface area contributed by atoms with Crippen LogP contribution in [0.2, 0.25) is 0 Å². The molecule has 0 aromatic heterocycles. The van der Waals surface area contributed by atoms with Gasteiger partial charge in [0, 0.05) is 24.7 Å². The monoisotopic (exact) mass is 262 g/mol. The summed E-state index contributed by atoms with van der Waals surface area (Å²) >= 11 is 0. The van der Waals surface area contributed by atoms with Crippen molar-refractivity contribution in [3.05, 3.63) is 33.9 Å². The van der Waals surface area contributed by atoms with Crippen LogP contribution in [-0.4, -0.2) is 24.3 Å². The molecular weight excluding hydrogens is 244 g/mol. The van der Waals surface area contributed by atoms with E-state index in [1.54, 1.807) is 12.1 Å². The zero-order valence-electron chi connectivity index (χ0n) is 11.0. The quantitative estimate of drug-likeness (QED) is 0.475. The van der Waals surface area contributed by atoms with Gasteiger partial charge in [-0.15, -0.1) is 0 Å². The maximum Gasteiger partial charge on any atom is 0.293 e. The lowest BCUT2D eigenvalue weighted by atomic mass is 9.95. The number of hydrogen-bond acceptors (Lipinski definition) is 4. The first-order valence-corrected chi connectivity index (χ1v) is 6.64. The standard InChI is InChI=1S/C14H18N2O3/c1-2-11-4-3-7-15(9-11)13-6-5-12(10-17)8-14(13)16(18)19/h5-6,8,10-11H,2-4,7,9H2,1H3. The fourth-order valence-electron chi connectivity index (χ4n) is 2.64. The number of carbonyl (C=O) groups excluding carboxylic acids is 1. The number of nitrogens with zero attached hydrogens (tertiary/aromatic N) is 2. The van der Waals surface area contributed by atoms with Crippen LogP contribution in [0.4, 0.5) is 11.4 Å². The highest BCUT2D eigenvalue weighted by Gasteiger charge is 2.24. The highest BCUT2D eigenvalue weighted by atomic mass is 16.6. The minimum atomic E-state index is -0.405. The number of anilines is 1. The second-order valence-corrected chi connectivity index (χ2v) is 4.99. The van der Waals surface area contributed by atoms with E-state index in [0.29, 0.717) is 23.5 Å². The second-order valence-electron chi connectivity index (χ2n) is 4.99. The van der Waals surface area contributed by atoms with Crippen molar-refractivity contribution in [1.29, 1.82) is 0 Å². The molecule has 0 radical (unpaired) electrons. The fraction of sp³-hybridized carbons (Fsp3) is 0.500. The van der Waals surface area contributed by atoms with Gasteiger partial charge in [-0.25, -0.2) is 0 Å². The number of carbonyl (C=O) groups is 1. The molecule has 1 saturated heterocycles. The second kappa shape index (κ2) is 5.82. The Labute approximate surface area is 112 Å². The molecule has 1 heterocycles. The van der Waals surface area contributed by atoms with Gasteiger partial charge in [0.1, 0.15) is 12.0 Å². The Morgan fingerprint density at radius 1 is 1.53 bits per heavy atom. The van der Waals surface area contributed by atoms with Crippen LogP contribution in [0.25, 0.3) is 0 Å². The van der Waals surface area contributed by atoms with Gasteiger partial charge >= 0.3 is 0 Å². The van der Waals surface area contributed by atoms with Gasteiger partial charge in [-0.2, -0.15) is 0 Å². The lowest BCUT2D eigenvalue weighted by molar-refractivity contribution is -0.384. The molecule has 0 aliphatic carbocycles. The van der Waals surface area contributed by atoms with E-state index in [-0.39, 0.29) is 5.69 Å². The molecule has 0 amide bonds. The molecule has 1 atom stereocenters. The Kier molecular flexibility index (Phi) is 4.14. The van der Waals surface area contributed by atoms with Crippen molar-refractivity contribution in [2.24, 2.45) is 5.92 Å². The van der Waals surface area contributed by atoms with E-state index in [0.717, 1.165) is 25.9 Å². The first kappa shape index (κ1) is 13.5. The summed E-state index contributed by atoms with van der Waals surface area (Å²) in [7, 11) is 0. The van der Waals surface area contributed by atoms with E-state index in [2.05, 4.69) is 11.8 Å². The molecule has 5 nitrogen and oxygen atoms in total. The fourth-order valence-corrected chi connectivity index (χ4v) is 2.64. The van der Waals surface area contributed by atoms with Gasteiger partial charge in [-0.1, -0.05) is 13.3 Å². The Morgan fingerprint density at radius 2 is 2.32 bits per heavy atom. The molecule has 0 N–H and O–H groups in total. The van der Waals surface area contributed by atoms with Crippen LogP contribution in [0.3, 0.4) is 0 Å². The molecule has 1 unspecified atom stereocenters. The molecule has 1 aliphatic rings. The van der Waals surface area contributed by atoms with Gasteiger partial charge in [0.15, 0.2) is 0 Å². The van der Waals surface area contributed by atoms with Crippen molar-refractivity contribution in [1.82, 2.24) is 0 Å². The number of aldehydes is 1. The molecule has 1 aliphatic heterocycles. The maximum absolute atomic E-state index is 11.1. The van der Waals surface area contributed by atoms with E-state index in [1.807, 2.05) is 0 Å². The average molecular weight is 262 g/mol. The van der Waals surface area contributed by atoms with E-state index >= 15 is 0 Å². The molecule has 1 aromatic carbocycles. The average Bonchev–Trinajstić information content (AvgIpc) is 2.46. The SMILES string of the molecule is CCC1CCCN(c2ccc(C=O)cc2[N+](=O)[O-])C1. The summed E-state index contributed by atoms with van der Waals surface area (Å²) in [5.41, 5.74) is 1.01. The lowest BCUT2D eigenvalue weighted by Crippen LogP contribution is -2.35. The summed E-state index contributed by atoms with van der Waals surface area (Å²) < 4.78 is 0. The predicted octanol–water partition coefficient (Wildman–Crippen LogP) is 3.03. The maximum atomic E-state index is 11.1. The highest BCUT2D eigenvalue weighted by Crippen LogP contribution is 2.32. The van der Waals surface area contributed by atoms with Crippen molar-refractivity contribution < 1.29 is 9.72 Å². The van der Waals surface area contributed by atoms with Gasteiger partial charge in [0.2, 0.25) is 0 Å². The molecule has 5 heteroatoms. The van der Waals surface area contributed by atoms with Crippen LogP contribution < -0.4 is 4.90 Å². The first-order valence-electron chi connectivity index (χ1n) is 6.64. The van der Waals surface area contributed by atoms with Gasteiger partial charge in [0.05, 0.1) is 4.92 Å². The summed E-state index contributed by atoms with van der Waals surface area (Å²) in [6, 6.07) is 4.70. The number of nitro benzene ring substituents is 1. The number of benzene rings is 1. The van der Waals surface area contributed by atoms with Gasteiger partial charge in [-0.3, -0.25) is 14.9 Å². The third-order valence-electron chi connectivity index (χ3n) is 3.77.